The fraction of sp³-hybridized carbons (Fsp3) is 0.391. The van der Waals surface area contributed by atoms with Gasteiger partial charge in [0.2, 0.25) is 15.9 Å². The maximum absolute atomic E-state index is 12.7. The molecular weight excluding hydrogens is 430 g/mol. The number of rotatable bonds is 11. The van der Waals surface area contributed by atoms with E-state index in [9.17, 15) is 18.0 Å². The molecule has 2 aromatic rings. The van der Waals surface area contributed by atoms with E-state index in [1.165, 1.54) is 0 Å². The summed E-state index contributed by atoms with van der Waals surface area (Å²) < 4.78 is 31.3. The van der Waals surface area contributed by atoms with Crippen molar-refractivity contribution in [2.75, 3.05) is 29.0 Å². The first-order chi connectivity index (χ1) is 15.1. The number of para-hydroxylation sites is 1. The second-order valence-corrected chi connectivity index (χ2v) is 9.54. The third-order valence-corrected chi connectivity index (χ3v) is 5.59. The highest BCUT2D eigenvalue weighted by atomic mass is 32.2. The smallest absolute Gasteiger partial charge is 0.253 e. The molecular formula is C23H31N3O5S. The molecule has 2 amide bonds. The molecule has 0 bridgehead atoms. The zero-order valence-electron chi connectivity index (χ0n) is 18.9. The number of amides is 2. The van der Waals surface area contributed by atoms with Crippen LogP contribution in [-0.2, 0) is 14.8 Å². The molecule has 2 aromatic carbocycles. The van der Waals surface area contributed by atoms with Crippen LogP contribution in [0.4, 0.5) is 11.4 Å². The first-order valence-electron chi connectivity index (χ1n) is 10.5. The van der Waals surface area contributed by atoms with Gasteiger partial charge in [0.25, 0.3) is 5.91 Å². The molecule has 2 rings (SSSR count). The molecule has 0 fully saturated rings. The Morgan fingerprint density at radius 1 is 1.06 bits per heavy atom. The highest BCUT2D eigenvalue weighted by Gasteiger charge is 2.22. The van der Waals surface area contributed by atoms with E-state index in [1.807, 2.05) is 20.8 Å². The molecule has 8 nitrogen and oxygen atoms in total. The van der Waals surface area contributed by atoms with Crippen molar-refractivity contribution in [3.63, 3.8) is 0 Å². The number of ether oxygens (including phenoxy) is 1. The standard InChI is InChI=1S/C23H31N3O5S/c1-5-6-15-24-23(28)20-9-7-8-10-21(20)25-22(27)16-26(32(4,29)30)18-11-13-19(14-12-18)31-17(2)3/h7-14,17H,5-6,15-16H2,1-4H3,(H,24,28)(H,25,27). The molecule has 2 N–H and O–H groups in total. The van der Waals surface area contributed by atoms with Gasteiger partial charge in [-0.05, 0) is 56.7 Å². The fourth-order valence-electron chi connectivity index (χ4n) is 2.95. The molecule has 0 aromatic heterocycles. The number of nitrogens with one attached hydrogen (secondary N) is 2. The Labute approximate surface area is 190 Å². The van der Waals surface area contributed by atoms with Crippen LogP contribution in [-0.4, -0.2) is 45.7 Å². The van der Waals surface area contributed by atoms with Crippen molar-refractivity contribution in [3.8, 4) is 5.75 Å². The summed E-state index contributed by atoms with van der Waals surface area (Å²) in [5.41, 5.74) is 0.975. The third-order valence-electron chi connectivity index (χ3n) is 4.45. The number of hydrogen-bond acceptors (Lipinski definition) is 5. The van der Waals surface area contributed by atoms with Crippen LogP contribution in [0.5, 0.6) is 5.75 Å². The summed E-state index contributed by atoms with van der Waals surface area (Å²) in [4.78, 5) is 25.2. The summed E-state index contributed by atoms with van der Waals surface area (Å²) in [5.74, 6) is -0.258. The Bertz CT molecular complexity index is 1020. The molecule has 0 unspecified atom stereocenters. The lowest BCUT2D eigenvalue weighted by Gasteiger charge is -2.22. The van der Waals surface area contributed by atoms with Crippen LogP contribution in [0, 0.1) is 0 Å². The van der Waals surface area contributed by atoms with Gasteiger partial charge in [-0.3, -0.25) is 13.9 Å². The van der Waals surface area contributed by atoms with Gasteiger partial charge in [-0.2, -0.15) is 0 Å². The van der Waals surface area contributed by atoms with E-state index in [-0.39, 0.29) is 12.0 Å². The molecule has 0 aliphatic rings. The van der Waals surface area contributed by atoms with Crippen molar-refractivity contribution in [2.45, 2.75) is 39.7 Å². The summed E-state index contributed by atoms with van der Waals surface area (Å²) >= 11 is 0. The molecule has 32 heavy (non-hydrogen) atoms. The van der Waals surface area contributed by atoms with E-state index >= 15 is 0 Å². The van der Waals surface area contributed by atoms with Gasteiger partial charge in [-0.1, -0.05) is 25.5 Å². The Kier molecular flexibility index (Phi) is 9.07. The predicted molar refractivity (Wildman–Crippen MR) is 127 cm³/mol. The number of carbonyl (C=O) groups excluding carboxylic acids is 2. The average Bonchev–Trinajstić information content (AvgIpc) is 2.72. The molecule has 0 spiro atoms. The molecule has 9 heteroatoms. The maximum atomic E-state index is 12.7. The Hall–Kier alpha value is -3.07. The van der Waals surface area contributed by atoms with Crippen molar-refractivity contribution in [1.82, 2.24) is 5.32 Å². The van der Waals surface area contributed by atoms with E-state index in [1.54, 1.807) is 48.5 Å². The Balaban J connectivity index is 2.16. The van der Waals surface area contributed by atoms with Gasteiger partial charge in [0, 0.05) is 6.54 Å². The summed E-state index contributed by atoms with van der Waals surface area (Å²) in [5, 5.41) is 5.48. The first kappa shape index (κ1) is 25.2. The number of sulfonamides is 1. The van der Waals surface area contributed by atoms with Crippen molar-refractivity contribution in [1.29, 1.82) is 0 Å². The zero-order valence-corrected chi connectivity index (χ0v) is 19.7. The van der Waals surface area contributed by atoms with Gasteiger partial charge in [0.1, 0.15) is 12.3 Å². The van der Waals surface area contributed by atoms with Crippen molar-refractivity contribution < 1.29 is 22.7 Å². The van der Waals surface area contributed by atoms with Gasteiger partial charge in [-0.25, -0.2) is 8.42 Å². The molecule has 0 saturated carbocycles. The van der Waals surface area contributed by atoms with E-state index in [2.05, 4.69) is 10.6 Å². The second-order valence-electron chi connectivity index (χ2n) is 7.63. The molecule has 0 aliphatic heterocycles. The SMILES string of the molecule is CCCCNC(=O)c1ccccc1NC(=O)CN(c1ccc(OC(C)C)cc1)S(C)(=O)=O. The predicted octanol–water partition coefficient (Wildman–Crippen LogP) is 3.41. The molecule has 0 radical (unpaired) electrons. The lowest BCUT2D eigenvalue weighted by molar-refractivity contribution is -0.114. The van der Waals surface area contributed by atoms with Gasteiger partial charge < -0.3 is 15.4 Å². The summed E-state index contributed by atoms with van der Waals surface area (Å²) in [6.45, 7) is 5.91. The first-order valence-corrected chi connectivity index (χ1v) is 12.4. The Morgan fingerprint density at radius 2 is 1.72 bits per heavy atom. The molecule has 174 valence electrons. The summed E-state index contributed by atoms with van der Waals surface area (Å²) in [6, 6.07) is 13.1. The van der Waals surface area contributed by atoms with Crippen LogP contribution >= 0.6 is 0 Å². The quantitative estimate of drug-likeness (QED) is 0.499. The third kappa shape index (κ3) is 7.56. The minimum absolute atomic E-state index is 0.0168. The Morgan fingerprint density at radius 3 is 2.31 bits per heavy atom. The number of benzene rings is 2. The number of anilines is 2. The van der Waals surface area contributed by atoms with Crippen LogP contribution < -0.4 is 19.7 Å². The monoisotopic (exact) mass is 461 g/mol. The van der Waals surface area contributed by atoms with Crippen molar-refractivity contribution in [3.05, 3.63) is 54.1 Å². The fourth-order valence-corrected chi connectivity index (χ4v) is 3.80. The zero-order chi connectivity index (χ0) is 23.7. The number of unbranched alkanes of at least 4 members (excludes halogenated alkanes) is 1. The minimum atomic E-state index is -3.73. The van der Waals surface area contributed by atoms with Crippen molar-refractivity contribution in [2.24, 2.45) is 0 Å². The lowest BCUT2D eigenvalue weighted by atomic mass is 10.1. The normalized spacial score (nSPS) is 11.2. The number of hydrogen-bond donors (Lipinski definition) is 2. The van der Waals surface area contributed by atoms with Gasteiger partial charge in [0.15, 0.2) is 0 Å². The minimum Gasteiger partial charge on any atom is -0.491 e. The van der Waals surface area contributed by atoms with E-state index in [0.29, 0.717) is 29.2 Å². The van der Waals surface area contributed by atoms with E-state index < -0.39 is 22.5 Å². The topological polar surface area (TPSA) is 105 Å². The summed E-state index contributed by atoms with van der Waals surface area (Å²) in [6.07, 6.45) is 2.82. The highest BCUT2D eigenvalue weighted by Crippen LogP contribution is 2.23. The highest BCUT2D eigenvalue weighted by molar-refractivity contribution is 7.92. The summed E-state index contributed by atoms with van der Waals surface area (Å²) in [7, 11) is -3.73. The number of nitrogens with zero attached hydrogens (tertiary/aromatic N) is 1. The van der Waals surface area contributed by atoms with E-state index in [4.69, 9.17) is 4.74 Å². The van der Waals surface area contributed by atoms with Crippen LogP contribution in [0.15, 0.2) is 48.5 Å². The second kappa shape index (κ2) is 11.5. The average molecular weight is 462 g/mol. The number of carbonyl (C=O) groups is 2. The maximum Gasteiger partial charge on any atom is 0.253 e. The van der Waals surface area contributed by atoms with Crippen LogP contribution in [0.2, 0.25) is 0 Å². The van der Waals surface area contributed by atoms with Gasteiger partial charge in [-0.15, -0.1) is 0 Å². The van der Waals surface area contributed by atoms with Crippen LogP contribution in [0.3, 0.4) is 0 Å². The molecule has 0 heterocycles. The van der Waals surface area contributed by atoms with Crippen LogP contribution in [0.1, 0.15) is 44.0 Å². The van der Waals surface area contributed by atoms with E-state index in [0.717, 1.165) is 23.4 Å². The molecule has 0 atom stereocenters. The van der Waals surface area contributed by atoms with Crippen LogP contribution in [0.25, 0.3) is 0 Å². The molecule has 0 aliphatic carbocycles. The lowest BCUT2D eigenvalue weighted by Crippen LogP contribution is -2.37. The van der Waals surface area contributed by atoms with Crippen molar-refractivity contribution >= 4 is 33.2 Å². The molecule has 0 saturated heterocycles. The largest absolute Gasteiger partial charge is 0.491 e. The van der Waals surface area contributed by atoms with Gasteiger partial charge >= 0.3 is 0 Å². The van der Waals surface area contributed by atoms with Gasteiger partial charge in [0.05, 0.1) is 29.3 Å².